The summed E-state index contributed by atoms with van der Waals surface area (Å²) in [7, 11) is 0. The monoisotopic (exact) mass is 161 g/mol. The molecule has 1 aromatic carbocycles. The minimum Gasteiger partial charge on any atom is -0.398 e. The number of hydrogen-bond acceptors (Lipinski definition) is 1. The fourth-order valence-corrected chi connectivity index (χ4v) is 1.09. The molecule has 0 aliphatic rings. The van der Waals surface area contributed by atoms with Crippen LogP contribution in [0.15, 0.2) is 36.4 Å². The van der Waals surface area contributed by atoms with Crippen LogP contribution in [-0.2, 0) is 0 Å². The van der Waals surface area contributed by atoms with E-state index in [-0.39, 0.29) is 0 Å². The fourth-order valence-electron chi connectivity index (χ4n) is 1.09. The molecule has 0 spiro atoms. The van der Waals surface area contributed by atoms with E-state index in [4.69, 9.17) is 5.73 Å². The van der Waals surface area contributed by atoms with Crippen LogP contribution in [0.3, 0.4) is 0 Å². The molecule has 0 fully saturated rings. The summed E-state index contributed by atoms with van der Waals surface area (Å²) < 4.78 is 0. The molecule has 0 heterocycles. The number of benzene rings is 1. The zero-order valence-electron chi connectivity index (χ0n) is 7.62. The number of rotatable bonds is 2. The SMILES string of the molecule is CC(C)C=C(N)c1ccccc1. The van der Waals surface area contributed by atoms with Crippen LogP contribution in [0.5, 0.6) is 0 Å². The van der Waals surface area contributed by atoms with Gasteiger partial charge in [0, 0.05) is 5.70 Å². The van der Waals surface area contributed by atoms with Crippen molar-refractivity contribution in [2.24, 2.45) is 11.7 Å². The van der Waals surface area contributed by atoms with E-state index in [1.165, 1.54) is 0 Å². The molecule has 1 rings (SSSR count). The molecule has 0 aliphatic heterocycles. The van der Waals surface area contributed by atoms with Gasteiger partial charge in [0.2, 0.25) is 0 Å². The largest absolute Gasteiger partial charge is 0.398 e. The van der Waals surface area contributed by atoms with Crippen molar-refractivity contribution >= 4 is 5.70 Å². The van der Waals surface area contributed by atoms with Crippen molar-refractivity contribution in [3.05, 3.63) is 42.0 Å². The normalized spacial score (nSPS) is 12.1. The van der Waals surface area contributed by atoms with Gasteiger partial charge in [0.25, 0.3) is 0 Å². The highest BCUT2D eigenvalue weighted by molar-refractivity contribution is 5.62. The Bertz CT molecular complexity index is 260. The van der Waals surface area contributed by atoms with E-state index in [0.29, 0.717) is 5.92 Å². The van der Waals surface area contributed by atoms with Crippen LogP contribution in [0.4, 0.5) is 0 Å². The van der Waals surface area contributed by atoms with Crippen LogP contribution in [0.25, 0.3) is 5.70 Å². The molecular formula is C11H15N. The third-order valence-corrected chi connectivity index (χ3v) is 1.62. The molecule has 0 radical (unpaired) electrons. The van der Waals surface area contributed by atoms with E-state index in [1.807, 2.05) is 30.3 Å². The average Bonchev–Trinajstić information content (AvgIpc) is 2.05. The summed E-state index contributed by atoms with van der Waals surface area (Å²) in [5.41, 5.74) is 7.83. The third kappa shape index (κ3) is 2.42. The first-order valence-corrected chi connectivity index (χ1v) is 4.23. The predicted octanol–water partition coefficient (Wildman–Crippen LogP) is 2.64. The van der Waals surface area contributed by atoms with Crippen LogP contribution in [-0.4, -0.2) is 0 Å². The topological polar surface area (TPSA) is 26.0 Å². The molecule has 0 saturated heterocycles. The first kappa shape index (κ1) is 8.85. The zero-order chi connectivity index (χ0) is 8.97. The Kier molecular flexibility index (Phi) is 2.92. The summed E-state index contributed by atoms with van der Waals surface area (Å²) in [6.07, 6.45) is 2.06. The second-order valence-corrected chi connectivity index (χ2v) is 3.23. The van der Waals surface area contributed by atoms with Gasteiger partial charge in [-0.2, -0.15) is 0 Å². The standard InChI is InChI=1S/C11H15N/c1-9(2)8-11(12)10-6-4-3-5-7-10/h3-9H,12H2,1-2H3. The Labute approximate surface area is 73.9 Å². The van der Waals surface area contributed by atoms with E-state index >= 15 is 0 Å². The Morgan fingerprint density at radius 1 is 1.25 bits per heavy atom. The van der Waals surface area contributed by atoms with Gasteiger partial charge in [-0.3, -0.25) is 0 Å². The van der Waals surface area contributed by atoms with Gasteiger partial charge in [-0.05, 0) is 11.5 Å². The van der Waals surface area contributed by atoms with Gasteiger partial charge in [0.1, 0.15) is 0 Å². The molecule has 1 aromatic rings. The second-order valence-electron chi connectivity index (χ2n) is 3.23. The molecule has 2 N–H and O–H groups in total. The molecular weight excluding hydrogens is 146 g/mol. The molecule has 0 saturated carbocycles. The molecule has 12 heavy (non-hydrogen) atoms. The molecule has 0 atom stereocenters. The Morgan fingerprint density at radius 2 is 1.83 bits per heavy atom. The maximum Gasteiger partial charge on any atom is 0.0349 e. The molecule has 1 nitrogen and oxygen atoms in total. The van der Waals surface area contributed by atoms with Gasteiger partial charge in [0.05, 0.1) is 0 Å². The van der Waals surface area contributed by atoms with Gasteiger partial charge in [-0.1, -0.05) is 50.3 Å². The minimum absolute atomic E-state index is 0.505. The van der Waals surface area contributed by atoms with Crippen molar-refractivity contribution in [1.29, 1.82) is 0 Å². The van der Waals surface area contributed by atoms with Gasteiger partial charge in [-0.25, -0.2) is 0 Å². The number of hydrogen-bond donors (Lipinski definition) is 1. The molecule has 0 aliphatic carbocycles. The fraction of sp³-hybridized carbons (Fsp3) is 0.273. The highest BCUT2D eigenvalue weighted by Gasteiger charge is 1.95. The average molecular weight is 161 g/mol. The van der Waals surface area contributed by atoms with Gasteiger partial charge >= 0.3 is 0 Å². The highest BCUT2D eigenvalue weighted by atomic mass is 14.6. The van der Waals surface area contributed by atoms with Crippen LogP contribution in [0, 0.1) is 5.92 Å². The molecule has 1 heteroatoms. The lowest BCUT2D eigenvalue weighted by Gasteiger charge is -2.02. The van der Waals surface area contributed by atoms with Crippen molar-refractivity contribution in [2.45, 2.75) is 13.8 Å². The molecule has 0 amide bonds. The van der Waals surface area contributed by atoms with Crippen molar-refractivity contribution in [3.63, 3.8) is 0 Å². The van der Waals surface area contributed by atoms with E-state index < -0.39 is 0 Å². The van der Waals surface area contributed by atoms with Crippen molar-refractivity contribution in [1.82, 2.24) is 0 Å². The van der Waals surface area contributed by atoms with Crippen molar-refractivity contribution in [3.8, 4) is 0 Å². The van der Waals surface area contributed by atoms with Crippen molar-refractivity contribution < 1.29 is 0 Å². The van der Waals surface area contributed by atoms with E-state index in [0.717, 1.165) is 11.3 Å². The maximum atomic E-state index is 5.86. The van der Waals surface area contributed by atoms with Gasteiger partial charge in [-0.15, -0.1) is 0 Å². The summed E-state index contributed by atoms with van der Waals surface area (Å²) >= 11 is 0. The number of nitrogens with two attached hydrogens (primary N) is 1. The van der Waals surface area contributed by atoms with Crippen LogP contribution in [0.2, 0.25) is 0 Å². The van der Waals surface area contributed by atoms with E-state index in [2.05, 4.69) is 19.9 Å². The van der Waals surface area contributed by atoms with Crippen LogP contribution in [0.1, 0.15) is 19.4 Å². The molecule has 0 aromatic heterocycles. The number of allylic oxidation sites excluding steroid dienone is 1. The molecule has 64 valence electrons. The van der Waals surface area contributed by atoms with E-state index in [1.54, 1.807) is 0 Å². The first-order valence-electron chi connectivity index (χ1n) is 4.23. The van der Waals surface area contributed by atoms with Crippen LogP contribution >= 0.6 is 0 Å². The Hall–Kier alpha value is -1.24. The third-order valence-electron chi connectivity index (χ3n) is 1.62. The van der Waals surface area contributed by atoms with Crippen LogP contribution < -0.4 is 5.73 Å². The second kappa shape index (κ2) is 3.96. The maximum absolute atomic E-state index is 5.86. The lowest BCUT2D eigenvalue weighted by molar-refractivity contribution is 0.832. The summed E-state index contributed by atoms with van der Waals surface area (Å²) in [5, 5.41) is 0. The Morgan fingerprint density at radius 3 is 2.33 bits per heavy atom. The lowest BCUT2D eigenvalue weighted by Crippen LogP contribution is -1.97. The summed E-state index contributed by atoms with van der Waals surface area (Å²) in [5.74, 6) is 0.505. The first-order chi connectivity index (χ1) is 5.70. The van der Waals surface area contributed by atoms with E-state index in [9.17, 15) is 0 Å². The quantitative estimate of drug-likeness (QED) is 0.709. The van der Waals surface area contributed by atoms with Gasteiger partial charge < -0.3 is 5.73 Å². The zero-order valence-corrected chi connectivity index (χ0v) is 7.62. The molecule has 0 unspecified atom stereocenters. The Balaban J connectivity index is 2.85. The summed E-state index contributed by atoms with van der Waals surface area (Å²) in [4.78, 5) is 0. The lowest BCUT2D eigenvalue weighted by atomic mass is 10.1. The summed E-state index contributed by atoms with van der Waals surface area (Å²) in [6.45, 7) is 4.24. The minimum atomic E-state index is 0.505. The predicted molar refractivity (Wildman–Crippen MR) is 53.4 cm³/mol. The van der Waals surface area contributed by atoms with Gasteiger partial charge in [0.15, 0.2) is 0 Å². The highest BCUT2D eigenvalue weighted by Crippen LogP contribution is 2.10. The molecule has 0 bridgehead atoms. The smallest absolute Gasteiger partial charge is 0.0349 e. The van der Waals surface area contributed by atoms with Crippen molar-refractivity contribution in [2.75, 3.05) is 0 Å². The summed E-state index contributed by atoms with van der Waals surface area (Å²) in [6, 6.07) is 10.0.